The lowest BCUT2D eigenvalue weighted by molar-refractivity contribution is -0.141. The Balaban J connectivity index is 1.59. The Kier molecular flexibility index (Phi) is 10.8. The average Bonchev–Trinajstić information content (AvgIpc) is 3.01. The quantitative estimate of drug-likeness (QED) is 0.222. The average molecular weight is 605 g/mol. The second kappa shape index (κ2) is 14.7. The maximum atomic E-state index is 13.9. The van der Waals surface area contributed by atoms with E-state index in [1.54, 1.807) is 48.4 Å². The summed E-state index contributed by atoms with van der Waals surface area (Å²) in [6, 6.07) is 27.4. The summed E-state index contributed by atoms with van der Waals surface area (Å²) in [7, 11) is -3.57. The topological polar surface area (TPSA) is 108 Å². The van der Waals surface area contributed by atoms with Gasteiger partial charge in [0.1, 0.15) is 6.04 Å². The van der Waals surface area contributed by atoms with Crippen LogP contribution < -0.4 is 10.0 Å². The molecule has 8 nitrogen and oxygen atoms in total. The molecule has 4 aromatic rings. The zero-order chi connectivity index (χ0) is 30.0. The number of benzene rings is 3. The first kappa shape index (κ1) is 30.9. The van der Waals surface area contributed by atoms with Gasteiger partial charge in [-0.1, -0.05) is 79.2 Å². The number of carbonyl (C=O) groups excluding carboxylic acids is 2. The molecule has 1 heterocycles. The number of amides is 2. The Labute approximate surface area is 251 Å². The Hall–Kier alpha value is -4.05. The zero-order valence-electron chi connectivity index (χ0n) is 23.2. The molecule has 0 aliphatic carbocycles. The predicted molar refractivity (Wildman–Crippen MR) is 163 cm³/mol. The molecule has 0 spiro atoms. The van der Waals surface area contributed by atoms with Crippen molar-refractivity contribution in [3.63, 3.8) is 0 Å². The van der Waals surface area contributed by atoms with E-state index in [0.29, 0.717) is 29.2 Å². The highest BCUT2D eigenvalue weighted by atomic mass is 35.5. The smallest absolute Gasteiger partial charge is 0.247 e. The van der Waals surface area contributed by atoms with Gasteiger partial charge in [0.05, 0.1) is 17.1 Å². The fraction of sp³-hybridized carbons (Fsp3) is 0.219. The van der Waals surface area contributed by atoms with Crippen LogP contribution in [0.3, 0.4) is 0 Å². The molecule has 1 unspecified atom stereocenters. The number of aryl methyl sites for hydroxylation is 1. The summed E-state index contributed by atoms with van der Waals surface area (Å²) in [5.41, 5.74) is 3.01. The van der Waals surface area contributed by atoms with Crippen LogP contribution in [0.2, 0.25) is 5.02 Å². The standard InChI is InChI=1S/C32H33ClN4O4S/c1-2-36-42(40,41)29-18-13-24(14-19-29)15-20-30(38)37(23-25-11-16-27(33)17-12-25)31(26-8-4-3-5-9-26)32(39)35-22-28-10-6-7-21-34-28/h3-14,16-19,21,31,36H,2,15,20,22-23H2,1H3,(H,35,39). The van der Waals surface area contributed by atoms with Crippen molar-refractivity contribution in [1.29, 1.82) is 0 Å². The van der Waals surface area contributed by atoms with E-state index in [1.165, 1.54) is 12.1 Å². The number of nitrogens with one attached hydrogen (secondary N) is 2. The molecule has 3 aromatic carbocycles. The van der Waals surface area contributed by atoms with Gasteiger partial charge in [-0.3, -0.25) is 14.6 Å². The number of pyridine rings is 1. The lowest BCUT2D eigenvalue weighted by Crippen LogP contribution is -2.43. The van der Waals surface area contributed by atoms with Crippen LogP contribution in [0.1, 0.15) is 41.8 Å². The maximum Gasteiger partial charge on any atom is 0.247 e. The van der Waals surface area contributed by atoms with Gasteiger partial charge in [0.2, 0.25) is 21.8 Å². The van der Waals surface area contributed by atoms with Crippen molar-refractivity contribution in [3.8, 4) is 0 Å². The SMILES string of the molecule is CCNS(=O)(=O)c1ccc(CCC(=O)N(Cc2ccc(Cl)cc2)C(C(=O)NCc2ccccn2)c2ccccc2)cc1. The molecule has 0 saturated heterocycles. The number of carbonyl (C=O) groups is 2. The number of halogens is 1. The normalized spacial score (nSPS) is 12.0. The van der Waals surface area contributed by atoms with E-state index in [4.69, 9.17) is 11.6 Å². The van der Waals surface area contributed by atoms with Gasteiger partial charge in [-0.15, -0.1) is 0 Å². The van der Waals surface area contributed by atoms with Crippen molar-refractivity contribution in [1.82, 2.24) is 19.9 Å². The molecule has 2 N–H and O–H groups in total. The van der Waals surface area contributed by atoms with Gasteiger partial charge >= 0.3 is 0 Å². The number of hydrogen-bond acceptors (Lipinski definition) is 5. The van der Waals surface area contributed by atoms with Crippen molar-refractivity contribution < 1.29 is 18.0 Å². The summed E-state index contributed by atoms with van der Waals surface area (Å²) < 4.78 is 27.0. The summed E-state index contributed by atoms with van der Waals surface area (Å²) in [5.74, 6) is -0.553. The van der Waals surface area contributed by atoms with Crippen LogP contribution in [0.5, 0.6) is 0 Å². The zero-order valence-corrected chi connectivity index (χ0v) is 24.8. The number of hydrogen-bond donors (Lipinski definition) is 2. The van der Waals surface area contributed by atoms with E-state index in [0.717, 1.165) is 11.1 Å². The first-order chi connectivity index (χ1) is 20.3. The molecule has 0 saturated carbocycles. The highest BCUT2D eigenvalue weighted by molar-refractivity contribution is 7.89. The van der Waals surface area contributed by atoms with E-state index >= 15 is 0 Å². The highest BCUT2D eigenvalue weighted by Crippen LogP contribution is 2.26. The molecule has 1 aromatic heterocycles. The first-order valence-corrected chi connectivity index (χ1v) is 15.5. The van der Waals surface area contributed by atoms with Crippen molar-refractivity contribution in [3.05, 3.63) is 131 Å². The molecule has 0 radical (unpaired) electrons. The lowest BCUT2D eigenvalue weighted by atomic mass is 10.0. The van der Waals surface area contributed by atoms with Crippen molar-refractivity contribution in [2.75, 3.05) is 6.54 Å². The van der Waals surface area contributed by atoms with Crippen LogP contribution in [0, 0.1) is 0 Å². The number of nitrogens with zero attached hydrogens (tertiary/aromatic N) is 2. The molecule has 2 amide bonds. The molecule has 218 valence electrons. The third-order valence-electron chi connectivity index (χ3n) is 6.63. The second-order valence-electron chi connectivity index (χ2n) is 9.65. The summed E-state index contributed by atoms with van der Waals surface area (Å²) in [4.78, 5) is 33.7. The second-order valence-corrected chi connectivity index (χ2v) is 11.8. The summed E-state index contributed by atoms with van der Waals surface area (Å²) in [6.45, 7) is 2.41. The monoisotopic (exact) mass is 604 g/mol. The van der Waals surface area contributed by atoms with Gasteiger partial charge in [0.25, 0.3) is 0 Å². The van der Waals surface area contributed by atoms with Gasteiger partial charge in [0, 0.05) is 30.7 Å². The van der Waals surface area contributed by atoms with Crippen LogP contribution in [-0.2, 0) is 39.1 Å². The number of sulfonamides is 1. The first-order valence-electron chi connectivity index (χ1n) is 13.6. The maximum absolute atomic E-state index is 13.9. The summed E-state index contributed by atoms with van der Waals surface area (Å²) >= 11 is 6.10. The van der Waals surface area contributed by atoms with Gasteiger partial charge in [0.15, 0.2) is 0 Å². The van der Waals surface area contributed by atoms with E-state index in [-0.39, 0.29) is 36.2 Å². The molecule has 0 aliphatic heterocycles. The van der Waals surface area contributed by atoms with Crippen LogP contribution in [0.4, 0.5) is 0 Å². The van der Waals surface area contributed by atoms with Crippen LogP contribution in [0.25, 0.3) is 0 Å². The molecule has 0 aliphatic rings. The number of rotatable bonds is 13. The van der Waals surface area contributed by atoms with Crippen LogP contribution >= 0.6 is 11.6 Å². The fourth-order valence-corrected chi connectivity index (χ4v) is 5.67. The molecule has 1 atom stereocenters. The lowest BCUT2D eigenvalue weighted by Gasteiger charge is -2.32. The summed E-state index contributed by atoms with van der Waals surface area (Å²) in [6.07, 6.45) is 2.15. The van der Waals surface area contributed by atoms with E-state index in [2.05, 4.69) is 15.0 Å². The third kappa shape index (κ3) is 8.48. The molecule has 0 fully saturated rings. The molecular weight excluding hydrogens is 572 g/mol. The Bertz CT molecular complexity index is 1570. The minimum absolute atomic E-state index is 0.115. The van der Waals surface area contributed by atoms with E-state index in [9.17, 15) is 18.0 Å². The van der Waals surface area contributed by atoms with Gasteiger partial charge in [-0.25, -0.2) is 13.1 Å². The summed E-state index contributed by atoms with van der Waals surface area (Å²) in [5, 5.41) is 3.53. The Morgan fingerprint density at radius 1 is 0.881 bits per heavy atom. The minimum atomic E-state index is -3.57. The molecule has 10 heteroatoms. The van der Waals surface area contributed by atoms with Crippen LogP contribution in [-0.4, -0.2) is 36.7 Å². The van der Waals surface area contributed by atoms with Gasteiger partial charge in [-0.05, 0) is 59.5 Å². The van der Waals surface area contributed by atoms with Crippen LogP contribution in [0.15, 0.2) is 108 Å². The van der Waals surface area contributed by atoms with Crippen molar-refractivity contribution in [2.45, 2.75) is 43.8 Å². The van der Waals surface area contributed by atoms with E-state index in [1.807, 2.05) is 54.6 Å². The Morgan fingerprint density at radius 2 is 1.55 bits per heavy atom. The van der Waals surface area contributed by atoms with Crippen molar-refractivity contribution >= 4 is 33.4 Å². The molecule has 4 rings (SSSR count). The van der Waals surface area contributed by atoms with Crippen molar-refractivity contribution in [2.24, 2.45) is 0 Å². The van der Waals surface area contributed by atoms with Gasteiger partial charge < -0.3 is 10.2 Å². The fourth-order valence-electron chi connectivity index (χ4n) is 4.50. The Morgan fingerprint density at radius 3 is 2.19 bits per heavy atom. The predicted octanol–water partition coefficient (Wildman–Crippen LogP) is 5.05. The molecule has 42 heavy (non-hydrogen) atoms. The third-order valence-corrected chi connectivity index (χ3v) is 8.44. The highest BCUT2D eigenvalue weighted by Gasteiger charge is 2.31. The molecular formula is C32H33ClN4O4S. The van der Waals surface area contributed by atoms with Gasteiger partial charge in [-0.2, -0.15) is 0 Å². The number of aromatic nitrogens is 1. The largest absolute Gasteiger partial charge is 0.348 e. The minimum Gasteiger partial charge on any atom is -0.348 e. The van der Waals surface area contributed by atoms with E-state index < -0.39 is 16.1 Å². The molecule has 0 bridgehead atoms.